The molecule has 0 atom stereocenters. The molecule has 0 bridgehead atoms. The highest BCUT2D eigenvalue weighted by Gasteiger charge is 1.97. The van der Waals surface area contributed by atoms with E-state index < -0.39 is 0 Å². The van der Waals surface area contributed by atoms with Crippen LogP contribution < -0.4 is 0 Å². The van der Waals surface area contributed by atoms with E-state index >= 15 is 0 Å². The first kappa shape index (κ1) is 36.0. The van der Waals surface area contributed by atoms with Crippen molar-refractivity contribution in [2.24, 2.45) is 0 Å². The van der Waals surface area contributed by atoms with Gasteiger partial charge < -0.3 is 0 Å². The van der Waals surface area contributed by atoms with Crippen molar-refractivity contribution in [3.05, 3.63) is 6.42 Å². The minimum absolute atomic E-state index is 1.37. The monoisotopic (exact) mass is 506 g/mol. The minimum atomic E-state index is 1.37. The van der Waals surface area contributed by atoms with E-state index in [2.05, 4.69) is 20.3 Å². The summed E-state index contributed by atoms with van der Waals surface area (Å²) in [4.78, 5) is 0. The van der Waals surface area contributed by atoms with Crippen LogP contribution in [0.15, 0.2) is 0 Å². The third-order valence-corrected chi connectivity index (χ3v) is 8.27. The molecule has 0 amide bonds. The zero-order valence-corrected chi connectivity index (χ0v) is 25.9. The highest BCUT2D eigenvalue weighted by Crippen LogP contribution is 2.16. The van der Waals surface area contributed by atoms with Gasteiger partial charge in [0.05, 0.1) is 0 Å². The topological polar surface area (TPSA) is 0 Å². The maximum absolute atomic E-state index is 2.57. The minimum Gasteiger partial charge on any atom is -0.0654 e. The van der Waals surface area contributed by atoms with Crippen LogP contribution in [0, 0.1) is 6.42 Å². The van der Waals surface area contributed by atoms with Gasteiger partial charge in [-0.05, 0) is 6.42 Å². The predicted molar refractivity (Wildman–Crippen MR) is 168 cm³/mol. The molecule has 0 heterocycles. The van der Waals surface area contributed by atoms with Gasteiger partial charge in [-0.25, -0.2) is 0 Å². The van der Waals surface area contributed by atoms with Gasteiger partial charge in [-0.15, -0.1) is 0 Å². The Morgan fingerprint density at radius 2 is 0.389 bits per heavy atom. The molecule has 0 N–H and O–H groups in total. The molecule has 0 unspecified atom stereocenters. The molecule has 0 aliphatic heterocycles. The summed E-state index contributed by atoms with van der Waals surface area (Å²) in [6, 6.07) is 0. The van der Waals surface area contributed by atoms with Crippen molar-refractivity contribution in [3.63, 3.8) is 0 Å². The lowest BCUT2D eigenvalue weighted by molar-refractivity contribution is 0.516. The van der Waals surface area contributed by atoms with Crippen LogP contribution in [0.25, 0.3) is 0 Å². The van der Waals surface area contributed by atoms with E-state index in [0.29, 0.717) is 0 Å². The van der Waals surface area contributed by atoms with Crippen LogP contribution in [0.3, 0.4) is 0 Å². The predicted octanol–water partition coefficient (Wildman–Crippen LogP) is 14.1. The van der Waals surface area contributed by atoms with E-state index in [9.17, 15) is 0 Å². The molecule has 1 radical (unpaired) electrons. The van der Waals surface area contributed by atoms with Crippen molar-refractivity contribution >= 4 is 0 Å². The highest BCUT2D eigenvalue weighted by atomic mass is 14.0. The molecule has 0 heteroatoms. The van der Waals surface area contributed by atoms with Crippen LogP contribution >= 0.6 is 0 Å². The Bertz CT molecular complexity index is 312. The molecule has 0 spiro atoms. The molecular formula is C36H73. The lowest BCUT2D eigenvalue weighted by Gasteiger charge is -2.04. The number of rotatable bonds is 33. The number of unbranched alkanes of at least 4 members (excludes halogenated alkanes) is 33. The second-order valence-electron chi connectivity index (χ2n) is 12.1. The Morgan fingerprint density at radius 3 is 0.583 bits per heavy atom. The van der Waals surface area contributed by atoms with Crippen LogP contribution in [0.1, 0.15) is 226 Å². The SMILES string of the molecule is CCCCCCCC[CH]CCCCCCCCCCCCCCCCCCCCCCCCCCC. The first-order valence-corrected chi connectivity index (χ1v) is 17.7. The van der Waals surface area contributed by atoms with Crippen molar-refractivity contribution in [2.75, 3.05) is 0 Å². The molecule has 0 aliphatic carbocycles. The molecule has 0 aromatic heterocycles. The van der Waals surface area contributed by atoms with Crippen molar-refractivity contribution in [2.45, 2.75) is 226 Å². The van der Waals surface area contributed by atoms with E-state index in [-0.39, 0.29) is 0 Å². The standard InChI is InChI=1S/C36H73/c1-3-5-7-9-11-13-15-17-19-21-23-25-27-29-31-33-35-36-34-32-30-28-26-24-22-20-18-16-14-12-10-8-6-4-2/h17H,3-16,18-36H2,1-2H3. The summed E-state index contributed by atoms with van der Waals surface area (Å²) in [6.07, 6.45) is 50.9. The zero-order valence-electron chi connectivity index (χ0n) is 25.9. The summed E-state index contributed by atoms with van der Waals surface area (Å²) in [5.41, 5.74) is 0. The van der Waals surface area contributed by atoms with Gasteiger partial charge in [0.25, 0.3) is 0 Å². The Balaban J connectivity index is 3.00. The number of hydrogen-bond acceptors (Lipinski definition) is 0. The average molecular weight is 506 g/mol. The van der Waals surface area contributed by atoms with Gasteiger partial charge in [-0.2, -0.15) is 0 Å². The Kier molecular flexibility index (Phi) is 35.0. The molecule has 0 aliphatic rings. The Labute approximate surface area is 232 Å². The van der Waals surface area contributed by atoms with Gasteiger partial charge >= 0.3 is 0 Å². The molecule has 0 saturated heterocycles. The van der Waals surface area contributed by atoms with Crippen molar-refractivity contribution in [1.29, 1.82) is 0 Å². The van der Waals surface area contributed by atoms with Gasteiger partial charge in [0.2, 0.25) is 0 Å². The lowest BCUT2D eigenvalue weighted by Crippen LogP contribution is -1.85. The number of hydrogen-bond donors (Lipinski definition) is 0. The third-order valence-electron chi connectivity index (χ3n) is 8.27. The smallest absolute Gasteiger partial charge is 0.0386 e. The zero-order chi connectivity index (χ0) is 26.0. The van der Waals surface area contributed by atoms with Crippen molar-refractivity contribution in [3.8, 4) is 0 Å². The van der Waals surface area contributed by atoms with Crippen molar-refractivity contribution < 1.29 is 0 Å². The fraction of sp³-hybridized carbons (Fsp3) is 0.972. The second kappa shape index (κ2) is 35.0. The quantitative estimate of drug-likeness (QED) is 0.0778. The van der Waals surface area contributed by atoms with Gasteiger partial charge in [-0.3, -0.25) is 0 Å². The summed E-state index contributed by atoms with van der Waals surface area (Å²) in [6.45, 7) is 4.61. The largest absolute Gasteiger partial charge is 0.0654 e. The van der Waals surface area contributed by atoms with E-state index in [0.717, 1.165) is 0 Å². The summed E-state index contributed by atoms with van der Waals surface area (Å²) in [5.74, 6) is 0. The van der Waals surface area contributed by atoms with Crippen LogP contribution in [0.4, 0.5) is 0 Å². The summed E-state index contributed by atoms with van der Waals surface area (Å²) >= 11 is 0. The van der Waals surface area contributed by atoms with Gasteiger partial charge in [0.1, 0.15) is 0 Å². The average Bonchev–Trinajstić information content (AvgIpc) is 2.89. The molecule has 0 aromatic carbocycles. The first-order valence-electron chi connectivity index (χ1n) is 17.7. The summed E-state index contributed by atoms with van der Waals surface area (Å²) in [7, 11) is 0. The second-order valence-corrected chi connectivity index (χ2v) is 12.1. The fourth-order valence-electron chi connectivity index (χ4n) is 5.64. The highest BCUT2D eigenvalue weighted by molar-refractivity contribution is 4.64. The normalized spacial score (nSPS) is 11.5. The maximum atomic E-state index is 2.57. The van der Waals surface area contributed by atoms with Crippen molar-refractivity contribution in [1.82, 2.24) is 0 Å². The molecule has 0 fully saturated rings. The maximum Gasteiger partial charge on any atom is -0.0386 e. The van der Waals surface area contributed by atoms with Crippen LogP contribution in [0.5, 0.6) is 0 Å². The summed E-state index contributed by atoms with van der Waals surface area (Å²) < 4.78 is 0. The molecule has 36 heavy (non-hydrogen) atoms. The van der Waals surface area contributed by atoms with E-state index in [1.54, 1.807) is 0 Å². The Morgan fingerprint density at radius 1 is 0.222 bits per heavy atom. The lowest BCUT2D eigenvalue weighted by atomic mass is 10.0. The van der Waals surface area contributed by atoms with E-state index in [1.165, 1.54) is 212 Å². The van der Waals surface area contributed by atoms with Gasteiger partial charge in [-0.1, -0.05) is 226 Å². The van der Waals surface area contributed by atoms with Gasteiger partial charge in [0, 0.05) is 0 Å². The molecule has 217 valence electrons. The van der Waals surface area contributed by atoms with E-state index in [1.807, 2.05) is 0 Å². The molecule has 0 aromatic rings. The third kappa shape index (κ3) is 34.0. The first-order chi connectivity index (χ1) is 17.9. The van der Waals surface area contributed by atoms with Crippen LogP contribution in [-0.2, 0) is 0 Å². The Hall–Kier alpha value is 0. The molecule has 0 rings (SSSR count). The van der Waals surface area contributed by atoms with E-state index in [4.69, 9.17) is 0 Å². The van der Waals surface area contributed by atoms with Crippen LogP contribution in [-0.4, -0.2) is 0 Å². The molecule has 0 nitrogen and oxygen atoms in total. The molecule has 0 saturated carbocycles. The van der Waals surface area contributed by atoms with Gasteiger partial charge in [0.15, 0.2) is 0 Å². The van der Waals surface area contributed by atoms with Crippen LogP contribution in [0.2, 0.25) is 0 Å². The fourth-order valence-corrected chi connectivity index (χ4v) is 5.64. The summed E-state index contributed by atoms with van der Waals surface area (Å²) in [5, 5.41) is 0. The molecular weight excluding hydrogens is 432 g/mol.